The molecule has 5 heteroatoms. The summed E-state index contributed by atoms with van der Waals surface area (Å²) in [6, 6.07) is 0. The molecule has 0 aromatic rings. The molecule has 0 aliphatic rings. The van der Waals surface area contributed by atoms with Gasteiger partial charge in [-0.05, 0) is 0 Å². The van der Waals surface area contributed by atoms with Crippen molar-refractivity contribution in [3.05, 3.63) is 0 Å². The third kappa shape index (κ3) is 35.5. The van der Waals surface area contributed by atoms with E-state index in [1.54, 1.807) is 0 Å². The van der Waals surface area contributed by atoms with Gasteiger partial charge < -0.3 is 19.7 Å². The molecule has 4 nitrogen and oxygen atoms in total. The summed E-state index contributed by atoms with van der Waals surface area (Å²) in [7, 11) is 3.02. The van der Waals surface area contributed by atoms with Crippen LogP contribution in [0, 0.1) is 35.6 Å². The van der Waals surface area contributed by atoms with Gasteiger partial charge in [0.25, 0.3) is 0 Å². The zero-order valence-corrected chi connectivity index (χ0v) is 10.7. The first-order valence-electron chi connectivity index (χ1n) is 2.97. The van der Waals surface area contributed by atoms with Gasteiger partial charge in [0, 0.05) is 27.4 Å². The van der Waals surface area contributed by atoms with E-state index < -0.39 is 0 Å². The predicted octanol–water partition coefficient (Wildman–Crippen LogP) is -2.01. The summed E-state index contributed by atoms with van der Waals surface area (Å²) in [5.74, 6) is 0. The summed E-state index contributed by atoms with van der Waals surface area (Å²) in [5.41, 5.74) is 0. The molecule has 0 aliphatic heterocycles. The summed E-state index contributed by atoms with van der Waals surface area (Å²) in [6.45, 7) is 0.410. The quantitative estimate of drug-likeness (QED) is 0.600. The van der Waals surface area contributed by atoms with Crippen LogP contribution in [0.25, 0.3) is 0 Å². The van der Waals surface area contributed by atoms with Crippen molar-refractivity contribution in [2.45, 2.75) is 0 Å². The van der Waals surface area contributed by atoms with Crippen LogP contribution < -0.4 is 10.2 Å². The van der Waals surface area contributed by atoms with Crippen molar-refractivity contribution in [1.29, 1.82) is 0 Å². The molecule has 0 atom stereocenters. The molecular formula is C6H14LaO4. The van der Waals surface area contributed by atoms with Crippen LogP contribution in [-0.4, -0.2) is 40.6 Å². The maximum Gasteiger partial charge on any atom is 2.00 e. The van der Waals surface area contributed by atoms with Crippen molar-refractivity contribution >= 4 is 0 Å². The molecule has 65 valence electrons. The van der Waals surface area contributed by atoms with Gasteiger partial charge in [-0.1, -0.05) is 0 Å². The summed E-state index contributed by atoms with van der Waals surface area (Å²) in [5, 5.41) is 18.8. The van der Waals surface area contributed by atoms with E-state index in [0.717, 1.165) is 0 Å². The molecule has 0 bridgehead atoms. The Morgan fingerprint density at radius 2 is 1.18 bits per heavy atom. The monoisotopic (exact) mass is 289 g/mol. The number of ether oxygens (including phenoxy) is 2. The van der Waals surface area contributed by atoms with E-state index in [1.807, 2.05) is 0 Å². The van der Waals surface area contributed by atoms with Crippen molar-refractivity contribution < 1.29 is 55.3 Å². The third-order valence-electron chi connectivity index (χ3n) is 0.575. The average Bonchev–Trinajstić information content (AvgIpc) is 1.93. The van der Waals surface area contributed by atoms with E-state index in [-0.39, 0.29) is 48.8 Å². The Labute approximate surface area is 95.5 Å². The molecule has 0 N–H and O–H groups in total. The van der Waals surface area contributed by atoms with E-state index in [1.165, 1.54) is 14.2 Å². The van der Waals surface area contributed by atoms with Crippen LogP contribution in [0.5, 0.6) is 0 Å². The first-order chi connectivity index (χ1) is 4.83. The van der Waals surface area contributed by atoms with Crippen LogP contribution in [-0.2, 0) is 9.47 Å². The second kappa shape index (κ2) is 22.5. The largest absolute Gasteiger partial charge is 2.00 e. The summed E-state index contributed by atoms with van der Waals surface area (Å²) in [6.07, 6.45) is 0. The number of hydrogen-bond acceptors (Lipinski definition) is 4. The summed E-state index contributed by atoms with van der Waals surface area (Å²) < 4.78 is 8.76. The molecule has 0 rings (SSSR count). The first kappa shape index (κ1) is 18.0. The predicted molar refractivity (Wildman–Crippen MR) is 33.5 cm³/mol. The molecule has 0 spiro atoms. The molecule has 1 radical (unpaired) electrons. The number of rotatable bonds is 4. The van der Waals surface area contributed by atoms with Crippen molar-refractivity contribution in [3.8, 4) is 0 Å². The topological polar surface area (TPSA) is 64.6 Å². The van der Waals surface area contributed by atoms with Gasteiger partial charge in [0.1, 0.15) is 0 Å². The minimum absolute atomic E-state index is 0. The average molecular weight is 289 g/mol. The fourth-order valence-electron chi connectivity index (χ4n) is 0.167. The molecule has 0 unspecified atom stereocenters. The Bertz CT molecular complexity index is 35.6. The maximum atomic E-state index is 9.40. The van der Waals surface area contributed by atoms with Gasteiger partial charge in [-0.25, -0.2) is 0 Å². The van der Waals surface area contributed by atoms with E-state index in [9.17, 15) is 10.2 Å². The number of hydrogen-bond donors (Lipinski definition) is 0. The second-order valence-electron chi connectivity index (χ2n) is 1.39. The van der Waals surface area contributed by atoms with Gasteiger partial charge in [-0.2, -0.15) is 0 Å². The second-order valence-corrected chi connectivity index (χ2v) is 1.39. The molecule has 0 amide bonds. The van der Waals surface area contributed by atoms with Crippen LogP contribution in [0.3, 0.4) is 0 Å². The van der Waals surface area contributed by atoms with E-state index in [0.29, 0.717) is 13.2 Å². The minimum Gasteiger partial charge on any atom is -0.853 e. The zero-order valence-electron chi connectivity index (χ0n) is 7.04. The van der Waals surface area contributed by atoms with Gasteiger partial charge in [0.15, 0.2) is 0 Å². The Balaban J connectivity index is -0.000000107. The van der Waals surface area contributed by atoms with Crippen LogP contribution >= 0.6 is 0 Å². The van der Waals surface area contributed by atoms with Crippen molar-refractivity contribution in [3.63, 3.8) is 0 Å². The van der Waals surface area contributed by atoms with Crippen LogP contribution in [0.2, 0.25) is 0 Å². The van der Waals surface area contributed by atoms with Crippen LogP contribution in [0.4, 0.5) is 0 Å². The standard InChI is InChI=1S/2C3H7O2.La/c2*1-5-3-2-4;/h2*2-3H2,1H3;/q2*-1;+2. The molecular weight excluding hydrogens is 275 g/mol. The van der Waals surface area contributed by atoms with Crippen LogP contribution in [0.15, 0.2) is 0 Å². The van der Waals surface area contributed by atoms with Gasteiger partial charge in [-0.3, -0.25) is 0 Å². The molecule has 0 saturated heterocycles. The van der Waals surface area contributed by atoms with E-state index >= 15 is 0 Å². The maximum absolute atomic E-state index is 9.40. The Kier molecular flexibility index (Phi) is 36.6. The third-order valence-corrected chi connectivity index (χ3v) is 0.575. The summed E-state index contributed by atoms with van der Waals surface area (Å²) in [4.78, 5) is 0. The molecule has 0 aromatic heterocycles. The Hall–Kier alpha value is 1.03. The van der Waals surface area contributed by atoms with Gasteiger partial charge in [0.05, 0.1) is 0 Å². The molecule has 0 heterocycles. The Morgan fingerprint density at radius 1 is 0.909 bits per heavy atom. The summed E-state index contributed by atoms with van der Waals surface area (Å²) >= 11 is 0. The molecule has 0 aliphatic carbocycles. The molecule has 0 saturated carbocycles. The van der Waals surface area contributed by atoms with E-state index in [2.05, 4.69) is 9.47 Å². The van der Waals surface area contributed by atoms with Gasteiger partial charge >= 0.3 is 35.6 Å². The van der Waals surface area contributed by atoms with Gasteiger partial charge in [-0.15, -0.1) is 13.2 Å². The normalized spacial score (nSPS) is 7.64. The molecule has 0 aromatic carbocycles. The molecule has 11 heavy (non-hydrogen) atoms. The van der Waals surface area contributed by atoms with Crippen molar-refractivity contribution in [2.24, 2.45) is 0 Å². The first-order valence-corrected chi connectivity index (χ1v) is 2.97. The molecule has 0 fully saturated rings. The SMILES string of the molecule is COCC[O-].COCC[O-].[La+2]. The van der Waals surface area contributed by atoms with Gasteiger partial charge in [0.2, 0.25) is 0 Å². The van der Waals surface area contributed by atoms with Crippen molar-refractivity contribution in [1.82, 2.24) is 0 Å². The van der Waals surface area contributed by atoms with Crippen molar-refractivity contribution in [2.75, 3.05) is 40.6 Å². The smallest absolute Gasteiger partial charge is 0.853 e. The number of methoxy groups -OCH3 is 2. The Morgan fingerprint density at radius 3 is 1.18 bits per heavy atom. The fraction of sp³-hybridized carbons (Fsp3) is 1.00. The van der Waals surface area contributed by atoms with E-state index in [4.69, 9.17) is 0 Å². The van der Waals surface area contributed by atoms with Crippen LogP contribution in [0.1, 0.15) is 0 Å². The zero-order chi connectivity index (χ0) is 8.24. The minimum atomic E-state index is -0.128. The fourth-order valence-corrected chi connectivity index (χ4v) is 0.167.